The fourth-order valence-electron chi connectivity index (χ4n) is 1.81. The molecule has 0 amide bonds. The van der Waals surface area contributed by atoms with Gasteiger partial charge < -0.3 is 10.0 Å². The monoisotopic (exact) mass is 275 g/mol. The lowest BCUT2D eigenvalue weighted by atomic mass is 10.3. The summed E-state index contributed by atoms with van der Waals surface area (Å²) in [5, 5.41) is 9.94. The maximum Gasteiger partial charge on any atom is 0.101 e. The Morgan fingerprint density at radius 1 is 1.43 bits per heavy atom. The number of likely N-dealkylation sites (tertiary alicyclic amines) is 1. The highest BCUT2D eigenvalue weighted by Gasteiger charge is 2.17. The van der Waals surface area contributed by atoms with Gasteiger partial charge in [-0.05, 0) is 54.0 Å². The summed E-state index contributed by atoms with van der Waals surface area (Å²) in [5.74, 6) is 0. The molecular formula is C10H14BrNOS. The number of hydrogen-bond donors (Lipinski definition) is 1. The van der Waals surface area contributed by atoms with Gasteiger partial charge in [-0.1, -0.05) is 0 Å². The van der Waals surface area contributed by atoms with Crippen LogP contribution in [0.5, 0.6) is 0 Å². The zero-order chi connectivity index (χ0) is 9.97. The van der Waals surface area contributed by atoms with Crippen molar-refractivity contribution in [3.8, 4) is 0 Å². The molecule has 0 aromatic carbocycles. The maximum atomic E-state index is 9.94. The van der Waals surface area contributed by atoms with Crippen molar-refractivity contribution in [1.82, 2.24) is 4.90 Å². The molecular weight excluding hydrogens is 262 g/mol. The second kappa shape index (κ2) is 4.75. The zero-order valence-electron chi connectivity index (χ0n) is 7.95. The molecule has 1 fully saturated rings. The molecule has 4 heteroatoms. The summed E-state index contributed by atoms with van der Waals surface area (Å²) in [6.45, 7) is 3.07. The van der Waals surface area contributed by atoms with Gasteiger partial charge in [0.05, 0.1) is 3.79 Å². The lowest BCUT2D eigenvalue weighted by molar-refractivity contribution is 0.129. The lowest BCUT2D eigenvalue weighted by Crippen LogP contribution is -2.24. The molecule has 1 N–H and O–H groups in total. The highest BCUT2D eigenvalue weighted by molar-refractivity contribution is 9.11. The van der Waals surface area contributed by atoms with Gasteiger partial charge in [-0.25, -0.2) is 0 Å². The molecule has 1 aromatic heterocycles. The molecule has 1 unspecified atom stereocenters. The van der Waals surface area contributed by atoms with Crippen molar-refractivity contribution >= 4 is 27.3 Å². The van der Waals surface area contributed by atoms with Crippen LogP contribution in [-0.4, -0.2) is 29.6 Å². The van der Waals surface area contributed by atoms with E-state index in [1.807, 2.05) is 12.1 Å². The third-order valence-corrected chi connectivity index (χ3v) is 4.28. The molecule has 14 heavy (non-hydrogen) atoms. The third-order valence-electron chi connectivity index (χ3n) is 2.55. The highest BCUT2D eigenvalue weighted by atomic mass is 79.9. The molecule has 0 radical (unpaired) electrons. The summed E-state index contributed by atoms with van der Waals surface area (Å²) in [5.41, 5.74) is 0. The highest BCUT2D eigenvalue weighted by Crippen LogP contribution is 2.28. The molecule has 78 valence electrons. The van der Waals surface area contributed by atoms with Crippen LogP contribution in [0.25, 0.3) is 0 Å². The van der Waals surface area contributed by atoms with Gasteiger partial charge in [-0.3, -0.25) is 0 Å². The van der Waals surface area contributed by atoms with E-state index in [0.29, 0.717) is 0 Å². The van der Waals surface area contributed by atoms with Crippen LogP contribution in [0.1, 0.15) is 23.8 Å². The average Bonchev–Trinajstić information content (AvgIpc) is 2.75. The second-order valence-corrected chi connectivity index (χ2v) is 6.16. The quantitative estimate of drug-likeness (QED) is 0.917. The minimum atomic E-state index is -0.315. The van der Waals surface area contributed by atoms with Crippen molar-refractivity contribution in [3.63, 3.8) is 0 Å². The predicted molar refractivity (Wildman–Crippen MR) is 62.7 cm³/mol. The summed E-state index contributed by atoms with van der Waals surface area (Å²) in [6.07, 6.45) is 2.24. The normalized spacial score (nSPS) is 20.1. The van der Waals surface area contributed by atoms with E-state index in [1.54, 1.807) is 11.3 Å². The molecule has 0 saturated carbocycles. The first kappa shape index (κ1) is 10.6. The van der Waals surface area contributed by atoms with E-state index in [-0.39, 0.29) is 6.10 Å². The van der Waals surface area contributed by atoms with Gasteiger partial charge >= 0.3 is 0 Å². The van der Waals surface area contributed by atoms with E-state index >= 15 is 0 Å². The Morgan fingerprint density at radius 3 is 2.71 bits per heavy atom. The molecule has 0 spiro atoms. The summed E-state index contributed by atoms with van der Waals surface area (Å²) in [7, 11) is 0. The first-order valence-electron chi connectivity index (χ1n) is 4.91. The van der Waals surface area contributed by atoms with Gasteiger partial charge in [0.2, 0.25) is 0 Å². The Hall–Kier alpha value is 0.1000. The number of β-amino-alcohol motifs (C(OH)–C–C–N with tert-alkyl or cyclic N) is 1. The zero-order valence-corrected chi connectivity index (χ0v) is 10.4. The summed E-state index contributed by atoms with van der Waals surface area (Å²) in [6, 6.07) is 3.99. The van der Waals surface area contributed by atoms with E-state index in [9.17, 15) is 5.11 Å². The first-order chi connectivity index (χ1) is 6.75. The lowest BCUT2D eigenvalue weighted by Gasteiger charge is -2.18. The molecule has 1 aromatic rings. The number of aliphatic hydroxyl groups excluding tert-OH is 1. The van der Waals surface area contributed by atoms with Crippen molar-refractivity contribution in [2.45, 2.75) is 18.9 Å². The second-order valence-electron chi connectivity index (χ2n) is 3.67. The Balaban J connectivity index is 1.91. The summed E-state index contributed by atoms with van der Waals surface area (Å²) >= 11 is 5.03. The number of halogens is 1. The van der Waals surface area contributed by atoms with Gasteiger partial charge in [0.25, 0.3) is 0 Å². The molecule has 1 atom stereocenters. The van der Waals surface area contributed by atoms with Crippen molar-refractivity contribution in [2.75, 3.05) is 19.6 Å². The Bertz CT molecular complexity index is 296. The number of thiophene rings is 1. The number of hydrogen-bond acceptors (Lipinski definition) is 3. The van der Waals surface area contributed by atoms with Crippen LogP contribution in [0, 0.1) is 0 Å². The van der Waals surface area contributed by atoms with E-state index in [0.717, 1.165) is 28.3 Å². The van der Waals surface area contributed by atoms with Crippen LogP contribution in [0.2, 0.25) is 0 Å². The van der Waals surface area contributed by atoms with E-state index < -0.39 is 0 Å². The maximum absolute atomic E-state index is 9.94. The van der Waals surface area contributed by atoms with Crippen LogP contribution in [0.4, 0.5) is 0 Å². The largest absolute Gasteiger partial charge is 0.386 e. The van der Waals surface area contributed by atoms with Crippen molar-refractivity contribution in [3.05, 3.63) is 20.8 Å². The third kappa shape index (κ3) is 2.57. The minimum absolute atomic E-state index is 0.315. The fourth-order valence-corrected chi connectivity index (χ4v) is 3.21. The molecule has 1 saturated heterocycles. The Labute approximate surface area is 96.7 Å². The van der Waals surface area contributed by atoms with Gasteiger partial charge in [0.15, 0.2) is 0 Å². The molecule has 1 aliphatic heterocycles. The van der Waals surface area contributed by atoms with E-state index in [1.165, 1.54) is 12.8 Å². The predicted octanol–water partition coefficient (Wildman–Crippen LogP) is 2.64. The van der Waals surface area contributed by atoms with Crippen molar-refractivity contribution in [2.24, 2.45) is 0 Å². The van der Waals surface area contributed by atoms with Gasteiger partial charge in [-0.15, -0.1) is 11.3 Å². The summed E-state index contributed by atoms with van der Waals surface area (Å²) < 4.78 is 1.09. The average molecular weight is 276 g/mol. The van der Waals surface area contributed by atoms with Crippen LogP contribution in [-0.2, 0) is 0 Å². The van der Waals surface area contributed by atoms with Crippen molar-refractivity contribution < 1.29 is 5.11 Å². The standard InChI is InChI=1S/C10H14BrNOS/c11-10-4-3-9(14-10)8(13)7-12-5-1-2-6-12/h3-4,8,13H,1-2,5-7H2. The molecule has 0 aliphatic carbocycles. The SMILES string of the molecule is OC(CN1CCCC1)c1ccc(Br)s1. The van der Waals surface area contributed by atoms with Gasteiger partial charge in [-0.2, -0.15) is 0 Å². The molecule has 2 nitrogen and oxygen atoms in total. The molecule has 1 aliphatic rings. The number of nitrogens with zero attached hydrogens (tertiary/aromatic N) is 1. The Kier molecular flexibility index (Phi) is 3.60. The first-order valence-corrected chi connectivity index (χ1v) is 6.52. The Morgan fingerprint density at radius 2 is 2.14 bits per heavy atom. The fraction of sp³-hybridized carbons (Fsp3) is 0.600. The van der Waals surface area contributed by atoms with E-state index in [2.05, 4.69) is 20.8 Å². The van der Waals surface area contributed by atoms with Crippen LogP contribution in [0.3, 0.4) is 0 Å². The smallest absolute Gasteiger partial charge is 0.101 e. The van der Waals surface area contributed by atoms with Crippen LogP contribution < -0.4 is 0 Å². The van der Waals surface area contributed by atoms with Gasteiger partial charge in [0, 0.05) is 11.4 Å². The van der Waals surface area contributed by atoms with E-state index in [4.69, 9.17) is 0 Å². The number of aliphatic hydroxyl groups is 1. The molecule has 2 rings (SSSR count). The molecule has 2 heterocycles. The number of rotatable bonds is 3. The van der Waals surface area contributed by atoms with Gasteiger partial charge in [0.1, 0.15) is 6.10 Å². The van der Waals surface area contributed by atoms with Crippen LogP contribution in [0.15, 0.2) is 15.9 Å². The van der Waals surface area contributed by atoms with Crippen molar-refractivity contribution in [1.29, 1.82) is 0 Å². The molecule has 0 bridgehead atoms. The van der Waals surface area contributed by atoms with Crippen LogP contribution >= 0.6 is 27.3 Å². The topological polar surface area (TPSA) is 23.5 Å². The minimum Gasteiger partial charge on any atom is -0.386 e. The summed E-state index contributed by atoms with van der Waals surface area (Å²) in [4.78, 5) is 3.39.